The highest BCUT2D eigenvalue weighted by Gasteiger charge is 2.32. The monoisotopic (exact) mass is 276 g/mol. The van der Waals surface area contributed by atoms with Crippen molar-refractivity contribution < 1.29 is 14.3 Å². The number of hydrogen-bond donors (Lipinski definition) is 0. The van der Waals surface area contributed by atoms with Crippen LogP contribution in [0.5, 0.6) is 5.75 Å². The third kappa shape index (κ3) is 2.92. The van der Waals surface area contributed by atoms with E-state index in [1.807, 2.05) is 24.3 Å². The lowest BCUT2D eigenvalue weighted by molar-refractivity contribution is -0.149. The van der Waals surface area contributed by atoms with Crippen molar-refractivity contribution in [3.05, 3.63) is 29.8 Å². The summed E-state index contributed by atoms with van der Waals surface area (Å²) in [5, 5.41) is 0. The molecule has 1 aromatic carbocycles. The lowest BCUT2D eigenvalue weighted by Crippen LogP contribution is -2.56. The third-order valence-corrected chi connectivity index (χ3v) is 3.71. The van der Waals surface area contributed by atoms with Gasteiger partial charge in [-0.15, -0.1) is 0 Å². The molecule has 0 aromatic heterocycles. The van der Waals surface area contributed by atoms with Crippen LogP contribution in [-0.4, -0.2) is 54.9 Å². The Labute approximate surface area is 119 Å². The van der Waals surface area contributed by atoms with Gasteiger partial charge in [0, 0.05) is 20.1 Å². The van der Waals surface area contributed by atoms with Crippen LogP contribution < -0.4 is 4.74 Å². The van der Waals surface area contributed by atoms with Gasteiger partial charge in [0.15, 0.2) is 0 Å². The zero-order valence-corrected chi connectivity index (χ0v) is 12.1. The third-order valence-electron chi connectivity index (χ3n) is 3.71. The summed E-state index contributed by atoms with van der Waals surface area (Å²) in [5.41, 5.74) is 0.925. The van der Waals surface area contributed by atoms with Gasteiger partial charge in [0.05, 0.1) is 13.5 Å². The van der Waals surface area contributed by atoms with E-state index < -0.39 is 0 Å². The van der Waals surface area contributed by atoms with Crippen molar-refractivity contribution >= 4 is 11.8 Å². The van der Waals surface area contributed by atoms with Gasteiger partial charge in [-0.3, -0.25) is 9.59 Å². The summed E-state index contributed by atoms with van der Waals surface area (Å²) >= 11 is 0. The molecule has 5 heteroatoms. The minimum atomic E-state index is -0.375. The van der Waals surface area contributed by atoms with Crippen LogP contribution in [0.4, 0.5) is 0 Å². The molecule has 20 heavy (non-hydrogen) atoms. The fraction of sp³-hybridized carbons (Fsp3) is 0.467. The predicted octanol–water partition coefficient (Wildman–Crippen LogP) is 0.927. The zero-order valence-electron chi connectivity index (χ0n) is 12.1. The van der Waals surface area contributed by atoms with Crippen molar-refractivity contribution in [3.63, 3.8) is 0 Å². The van der Waals surface area contributed by atoms with E-state index in [4.69, 9.17) is 4.74 Å². The van der Waals surface area contributed by atoms with Crippen LogP contribution in [0.2, 0.25) is 0 Å². The van der Waals surface area contributed by atoms with Gasteiger partial charge in [0.25, 0.3) is 0 Å². The number of rotatable bonds is 3. The van der Waals surface area contributed by atoms with Crippen LogP contribution in [-0.2, 0) is 16.0 Å². The maximum Gasteiger partial charge on any atom is 0.244 e. The molecule has 1 aliphatic heterocycles. The number of hydrogen-bond acceptors (Lipinski definition) is 3. The molecule has 0 aliphatic carbocycles. The second kappa shape index (κ2) is 5.94. The number of carbonyl (C=O) groups is 2. The van der Waals surface area contributed by atoms with Crippen molar-refractivity contribution in [2.75, 3.05) is 27.2 Å². The molecule has 5 nitrogen and oxygen atoms in total. The number of likely N-dealkylation sites (N-methyl/N-ethyl adjacent to an activating group) is 1. The highest BCUT2D eigenvalue weighted by atomic mass is 16.5. The number of amides is 2. The molecular weight excluding hydrogens is 256 g/mol. The lowest BCUT2D eigenvalue weighted by atomic mass is 10.1. The molecule has 2 amide bonds. The molecule has 1 aliphatic rings. The van der Waals surface area contributed by atoms with Gasteiger partial charge >= 0.3 is 0 Å². The molecule has 1 atom stereocenters. The van der Waals surface area contributed by atoms with Crippen molar-refractivity contribution in [2.45, 2.75) is 19.4 Å². The number of piperazine rings is 1. The summed E-state index contributed by atoms with van der Waals surface area (Å²) in [6, 6.07) is 7.04. The Morgan fingerprint density at radius 1 is 1.30 bits per heavy atom. The van der Waals surface area contributed by atoms with Gasteiger partial charge < -0.3 is 14.5 Å². The Bertz CT molecular complexity index is 498. The van der Waals surface area contributed by atoms with Gasteiger partial charge in [0.2, 0.25) is 11.8 Å². The molecule has 1 heterocycles. The molecule has 0 bridgehead atoms. The maximum absolute atomic E-state index is 12.3. The molecule has 1 fully saturated rings. The maximum atomic E-state index is 12.3. The van der Waals surface area contributed by atoms with Gasteiger partial charge in [-0.05, 0) is 24.6 Å². The molecule has 0 N–H and O–H groups in total. The van der Waals surface area contributed by atoms with Gasteiger partial charge in [0.1, 0.15) is 11.8 Å². The Kier molecular flexibility index (Phi) is 4.27. The van der Waals surface area contributed by atoms with E-state index in [2.05, 4.69) is 0 Å². The molecule has 1 saturated heterocycles. The van der Waals surface area contributed by atoms with E-state index in [0.717, 1.165) is 11.3 Å². The topological polar surface area (TPSA) is 49.9 Å². The fourth-order valence-corrected chi connectivity index (χ4v) is 2.37. The van der Waals surface area contributed by atoms with Crippen molar-refractivity contribution in [3.8, 4) is 5.75 Å². The lowest BCUT2D eigenvalue weighted by Gasteiger charge is -2.37. The van der Waals surface area contributed by atoms with Crippen LogP contribution in [0, 0.1) is 0 Å². The number of methoxy groups -OCH3 is 1. The largest absolute Gasteiger partial charge is 0.497 e. The van der Waals surface area contributed by atoms with E-state index in [1.165, 1.54) is 0 Å². The van der Waals surface area contributed by atoms with Crippen LogP contribution in [0.1, 0.15) is 12.5 Å². The van der Waals surface area contributed by atoms with Crippen molar-refractivity contribution in [2.24, 2.45) is 0 Å². The second-order valence-electron chi connectivity index (χ2n) is 5.05. The molecule has 108 valence electrons. The van der Waals surface area contributed by atoms with Crippen LogP contribution in [0.3, 0.4) is 0 Å². The standard InChI is InChI=1S/C15H20N2O3/c1-11-15(19)16(2)8-9-17(11)14(18)10-12-4-6-13(20-3)7-5-12/h4-7,11H,8-10H2,1-3H3. The molecule has 0 radical (unpaired) electrons. The Balaban J connectivity index is 2.02. The van der Waals surface area contributed by atoms with Crippen molar-refractivity contribution in [1.29, 1.82) is 0 Å². The van der Waals surface area contributed by atoms with Gasteiger partial charge in [-0.1, -0.05) is 12.1 Å². The van der Waals surface area contributed by atoms with E-state index in [9.17, 15) is 9.59 Å². The van der Waals surface area contributed by atoms with Crippen LogP contribution >= 0.6 is 0 Å². The van der Waals surface area contributed by atoms with Gasteiger partial charge in [-0.2, -0.15) is 0 Å². The van der Waals surface area contributed by atoms with Crippen LogP contribution in [0.25, 0.3) is 0 Å². The minimum Gasteiger partial charge on any atom is -0.497 e. The summed E-state index contributed by atoms with van der Waals surface area (Å²) < 4.78 is 5.09. The average molecular weight is 276 g/mol. The van der Waals surface area contributed by atoms with E-state index in [1.54, 1.807) is 30.9 Å². The number of carbonyl (C=O) groups excluding carboxylic acids is 2. The quantitative estimate of drug-likeness (QED) is 0.825. The van der Waals surface area contributed by atoms with Crippen LogP contribution in [0.15, 0.2) is 24.3 Å². The smallest absolute Gasteiger partial charge is 0.244 e. The highest BCUT2D eigenvalue weighted by molar-refractivity contribution is 5.89. The normalized spacial score (nSPS) is 19.1. The molecule has 2 rings (SSSR count). The first-order valence-electron chi connectivity index (χ1n) is 6.70. The SMILES string of the molecule is COc1ccc(CC(=O)N2CCN(C)C(=O)C2C)cc1. The molecular formula is C15H20N2O3. The molecule has 1 aromatic rings. The van der Waals surface area contributed by atoms with E-state index >= 15 is 0 Å². The zero-order chi connectivity index (χ0) is 14.7. The fourth-order valence-electron chi connectivity index (χ4n) is 2.37. The Morgan fingerprint density at radius 2 is 1.95 bits per heavy atom. The summed E-state index contributed by atoms with van der Waals surface area (Å²) in [5.74, 6) is 0.757. The minimum absolute atomic E-state index is 0.000620. The highest BCUT2D eigenvalue weighted by Crippen LogP contribution is 2.15. The Hall–Kier alpha value is -2.04. The average Bonchev–Trinajstić information content (AvgIpc) is 2.45. The van der Waals surface area contributed by atoms with Crippen molar-refractivity contribution in [1.82, 2.24) is 9.80 Å². The first-order valence-corrected chi connectivity index (χ1v) is 6.70. The summed E-state index contributed by atoms with van der Waals surface area (Å²) in [7, 11) is 3.38. The van der Waals surface area contributed by atoms with E-state index in [0.29, 0.717) is 19.5 Å². The summed E-state index contributed by atoms with van der Waals surface area (Å²) in [4.78, 5) is 27.5. The Morgan fingerprint density at radius 3 is 2.55 bits per heavy atom. The number of benzene rings is 1. The molecule has 0 saturated carbocycles. The molecule has 0 spiro atoms. The first kappa shape index (κ1) is 14.4. The second-order valence-corrected chi connectivity index (χ2v) is 5.05. The summed E-state index contributed by atoms with van der Waals surface area (Å²) in [6.07, 6.45) is 0.311. The predicted molar refractivity (Wildman–Crippen MR) is 75.5 cm³/mol. The molecule has 1 unspecified atom stereocenters. The first-order chi connectivity index (χ1) is 9.52. The summed E-state index contributed by atoms with van der Waals surface area (Å²) in [6.45, 7) is 2.97. The number of nitrogens with zero attached hydrogens (tertiary/aromatic N) is 2. The van der Waals surface area contributed by atoms with E-state index in [-0.39, 0.29) is 17.9 Å². The van der Waals surface area contributed by atoms with Gasteiger partial charge in [-0.25, -0.2) is 0 Å². The number of ether oxygens (including phenoxy) is 1.